The highest BCUT2D eigenvalue weighted by Gasteiger charge is 2.19. The van der Waals surface area contributed by atoms with Crippen LogP contribution >= 0.6 is 7.82 Å². The van der Waals surface area contributed by atoms with Gasteiger partial charge >= 0.3 is 7.82 Å². The molecule has 0 rings (SSSR count). The maximum absolute atomic E-state index is 9.89. The summed E-state index contributed by atoms with van der Waals surface area (Å²) in [5, 5.41) is 15.6. The zero-order valence-corrected chi connectivity index (χ0v) is 5.39. The number of nitrogens with zero attached hydrogens (tertiary/aromatic N) is 3. The minimum absolute atomic E-state index is 0.194. The molecule has 0 saturated heterocycles. The molecule has 7 nitrogen and oxygen atoms in total. The van der Waals surface area contributed by atoms with Crippen molar-refractivity contribution in [2.45, 2.75) is 0 Å². The highest BCUT2D eigenvalue weighted by Crippen LogP contribution is 2.36. The van der Waals surface area contributed by atoms with Gasteiger partial charge < -0.3 is 9.79 Å². The van der Waals surface area contributed by atoms with Crippen molar-refractivity contribution in [2.75, 3.05) is 0 Å². The van der Waals surface area contributed by atoms with Gasteiger partial charge in [0.25, 0.3) is 0 Å². The molecule has 0 aliphatic heterocycles. The van der Waals surface area contributed by atoms with Crippen molar-refractivity contribution < 1.29 is 19.0 Å². The van der Waals surface area contributed by atoms with Crippen LogP contribution in [0.1, 0.15) is 0 Å². The van der Waals surface area contributed by atoms with E-state index >= 15 is 0 Å². The Hall–Kier alpha value is -1.11. The molecular formula is C2H2N3O4P. The van der Waals surface area contributed by atoms with Gasteiger partial charge in [0.15, 0.2) is 0 Å². The summed E-state index contributed by atoms with van der Waals surface area (Å²) in [6, 6.07) is 0. The fourth-order valence-electron chi connectivity index (χ4n) is 0.165. The first-order valence-corrected chi connectivity index (χ1v) is 3.37. The highest BCUT2D eigenvalue weighted by molar-refractivity contribution is 7.46. The molecule has 0 bridgehead atoms. The van der Waals surface area contributed by atoms with Crippen molar-refractivity contribution >= 4 is 7.82 Å². The predicted molar refractivity (Wildman–Crippen MR) is 26.2 cm³/mol. The van der Waals surface area contributed by atoms with Crippen LogP contribution in [-0.2, 0) is 9.19 Å². The summed E-state index contributed by atoms with van der Waals surface area (Å²) < 4.78 is 13.4. The van der Waals surface area contributed by atoms with Crippen LogP contribution in [0.25, 0.3) is 0 Å². The summed E-state index contributed by atoms with van der Waals surface area (Å²) in [7, 11) is -4.77. The first-order chi connectivity index (χ1) is 4.49. The normalized spacial score (nSPS) is 9.60. The van der Waals surface area contributed by atoms with Crippen LogP contribution < -0.4 is 0 Å². The molecule has 0 amide bonds. The van der Waals surface area contributed by atoms with Crippen LogP contribution in [-0.4, -0.2) is 14.9 Å². The summed E-state index contributed by atoms with van der Waals surface area (Å²) in [6.07, 6.45) is 2.13. The topological polar surface area (TPSA) is 118 Å². The van der Waals surface area contributed by atoms with E-state index in [4.69, 9.17) is 20.3 Å². The lowest BCUT2D eigenvalue weighted by molar-refractivity contribution is 0.0247. The predicted octanol–water partition coefficient (Wildman–Crippen LogP) is -0.725. The van der Waals surface area contributed by atoms with Crippen molar-refractivity contribution in [3.05, 3.63) is 0 Å². The van der Waals surface area contributed by atoms with Crippen LogP contribution in [0.15, 0.2) is 0 Å². The van der Waals surface area contributed by atoms with Crippen molar-refractivity contribution in [1.82, 2.24) is 5.06 Å². The van der Waals surface area contributed by atoms with E-state index in [1.165, 1.54) is 0 Å². The Morgan fingerprint density at radius 2 is 1.80 bits per heavy atom. The van der Waals surface area contributed by atoms with Crippen molar-refractivity contribution in [2.24, 2.45) is 0 Å². The van der Waals surface area contributed by atoms with Gasteiger partial charge in [-0.2, -0.15) is 10.5 Å². The molecule has 0 heterocycles. The first kappa shape index (κ1) is 8.89. The molecule has 0 radical (unpaired) electrons. The molecule has 0 aliphatic carbocycles. The summed E-state index contributed by atoms with van der Waals surface area (Å²) in [4.78, 5) is 16.0. The maximum Gasteiger partial charge on any atom is 0.492 e. The number of hydroxylamine groups is 2. The molecular weight excluding hydrogens is 161 g/mol. The van der Waals surface area contributed by atoms with E-state index in [0.717, 1.165) is 12.4 Å². The van der Waals surface area contributed by atoms with Gasteiger partial charge in [-0.15, -0.1) is 4.62 Å². The number of hydrogen-bond acceptors (Lipinski definition) is 5. The van der Waals surface area contributed by atoms with E-state index in [1.807, 2.05) is 0 Å². The van der Waals surface area contributed by atoms with Crippen LogP contribution in [0.2, 0.25) is 0 Å². The summed E-state index contributed by atoms with van der Waals surface area (Å²) in [6.45, 7) is 0. The molecule has 0 aromatic heterocycles. The van der Waals surface area contributed by atoms with E-state index in [-0.39, 0.29) is 5.06 Å². The molecule has 0 fully saturated rings. The minimum Gasteiger partial charge on any atom is -0.301 e. The van der Waals surface area contributed by atoms with Crippen molar-refractivity contribution in [3.63, 3.8) is 0 Å². The monoisotopic (exact) mass is 163 g/mol. The molecule has 0 aromatic carbocycles. The number of rotatable bonds is 2. The van der Waals surface area contributed by atoms with Gasteiger partial charge in [0.2, 0.25) is 12.4 Å². The van der Waals surface area contributed by atoms with Crippen molar-refractivity contribution in [3.8, 4) is 12.4 Å². The number of hydrogen-bond donors (Lipinski definition) is 2. The second-order valence-corrected chi connectivity index (χ2v) is 2.21. The second kappa shape index (κ2) is 3.16. The van der Waals surface area contributed by atoms with E-state index in [9.17, 15) is 4.57 Å². The third kappa shape index (κ3) is 3.84. The molecule has 0 unspecified atom stereocenters. The highest BCUT2D eigenvalue weighted by atomic mass is 31.2. The lowest BCUT2D eigenvalue weighted by Crippen LogP contribution is -2.08. The molecule has 10 heavy (non-hydrogen) atoms. The Bertz CT molecular complexity index is 218. The molecule has 0 aromatic rings. The van der Waals surface area contributed by atoms with Gasteiger partial charge in [0, 0.05) is 0 Å². The third-order valence-corrected chi connectivity index (χ3v) is 0.746. The Morgan fingerprint density at radius 1 is 1.40 bits per heavy atom. The van der Waals surface area contributed by atoms with Gasteiger partial charge in [-0.05, 0) is 0 Å². The Labute approximate surface area is 55.9 Å². The smallest absolute Gasteiger partial charge is 0.301 e. The molecule has 54 valence electrons. The third-order valence-electron chi connectivity index (χ3n) is 0.370. The van der Waals surface area contributed by atoms with Gasteiger partial charge in [-0.3, -0.25) is 0 Å². The van der Waals surface area contributed by atoms with E-state index in [0.29, 0.717) is 0 Å². The fourth-order valence-corrected chi connectivity index (χ4v) is 0.451. The SMILES string of the molecule is N#CN(C#N)OP(=O)(O)O. The lowest BCUT2D eigenvalue weighted by atomic mass is 11.1. The molecule has 8 heteroatoms. The largest absolute Gasteiger partial charge is 0.492 e. The average molecular weight is 163 g/mol. The Kier molecular flexibility index (Phi) is 2.81. The Balaban J connectivity index is 4.07. The average Bonchev–Trinajstić information content (AvgIpc) is 1.81. The molecule has 0 aliphatic rings. The van der Waals surface area contributed by atoms with Crippen LogP contribution in [0, 0.1) is 22.9 Å². The quantitative estimate of drug-likeness (QED) is 0.238. The van der Waals surface area contributed by atoms with E-state index in [1.54, 1.807) is 0 Å². The van der Waals surface area contributed by atoms with E-state index < -0.39 is 7.82 Å². The summed E-state index contributed by atoms with van der Waals surface area (Å²) in [5.74, 6) is 0. The van der Waals surface area contributed by atoms with Crippen molar-refractivity contribution in [1.29, 1.82) is 10.5 Å². The Morgan fingerprint density at radius 3 is 1.90 bits per heavy atom. The fraction of sp³-hybridized carbons (Fsp3) is 0. The summed E-state index contributed by atoms with van der Waals surface area (Å²) >= 11 is 0. The zero-order valence-electron chi connectivity index (χ0n) is 4.50. The first-order valence-electron chi connectivity index (χ1n) is 1.84. The standard InChI is InChI=1S/C2H2N3O4P/c3-1-5(2-4)9-10(6,7)8/h(H2,6,7,8). The zero-order chi connectivity index (χ0) is 8.20. The lowest BCUT2D eigenvalue weighted by Gasteiger charge is -2.04. The van der Waals surface area contributed by atoms with Crippen LogP contribution in [0.3, 0.4) is 0 Å². The van der Waals surface area contributed by atoms with Gasteiger partial charge in [0.05, 0.1) is 0 Å². The van der Waals surface area contributed by atoms with Crippen LogP contribution in [0.4, 0.5) is 0 Å². The second-order valence-electron chi connectivity index (χ2n) is 1.07. The number of phosphoric acid groups is 1. The molecule has 0 atom stereocenters. The number of nitriles is 2. The maximum atomic E-state index is 9.89. The molecule has 0 saturated carbocycles. The minimum atomic E-state index is -4.77. The van der Waals surface area contributed by atoms with Crippen LogP contribution in [0.5, 0.6) is 0 Å². The molecule has 2 N–H and O–H groups in total. The van der Waals surface area contributed by atoms with Gasteiger partial charge in [-0.25, -0.2) is 4.57 Å². The van der Waals surface area contributed by atoms with Gasteiger partial charge in [0.1, 0.15) is 0 Å². The van der Waals surface area contributed by atoms with Gasteiger partial charge in [-0.1, -0.05) is 5.06 Å². The van der Waals surface area contributed by atoms with E-state index in [2.05, 4.69) is 4.62 Å². The summed E-state index contributed by atoms with van der Waals surface area (Å²) in [5.41, 5.74) is 0. The molecule has 0 spiro atoms.